The zero-order valence-corrected chi connectivity index (χ0v) is 11.8. The van der Waals surface area contributed by atoms with Crippen molar-refractivity contribution < 1.29 is 13.6 Å². The van der Waals surface area contributed by atoms with Crippen molar-refractivity contribution >= 4 is 18.3 Å². The van der Waals surface area contributed by atoms with Gasteiger partial charge in [-0.1, -0.05) is 19.4 Å². The van der Waals surface area contributed by atoms with Gasteiger partial charge in [-0.15, -0.1) is 12.4 Å². The lowest BCUT2D eigenvalue weighted by atomic mass is 10.1. The van der Waals surface area contributed by atoms with Crippen LogP contribution in [-0.2, 0) is 11.3 Å². The van der Waals surface area contributed by atoms with E-state index in [2.05, 4.69) is 0 Å². The lowest BCUT2D eigenvalue weighted by Crippen LogP contribution is -2.41. The number of carbonyl (C=O) groups excluding carboxylic acids is 1. The molecule has 0 aliphatic rings. The number of nitrogens with two attached hydrogens (primary N) is 1. The summed E-state index contributed by atoms with van der Waals surface area (Å²) in [7, 11) is 1.60. The van der Waals surface area contributed by atoms with Gasteiger partial charge >= 0.3 is 0 Å². The topological polar surface area (TPSA) is 46.3 Å². The highest BCUT2D eigenvalue weighted by Gasteiger charge is 2.17. The van der Waals surface area contributed by atoms with Gasteiger partial charge in [0.25, 0.3) is 0 Å². The van der Waals surface area contributed by atoms with Crippen LogP contribution in [-0.4, -0.2) is 23.9 Å². The standard InChI is InChI=1S/C13H18F2N2O.ClH/c1-3-4-12(16)13(18)17(2)8-9-5-6-10(14)11(15)7-9;/h5-7,12H,3-4,8,16H2,1-2H3;1H. The minimum Gasteiger partial charge on any atom is -0.340 e. The zero-order chi connectivity index (χ0) is 13.7. The molecule has 1 aromatic rings. The molecule has 0 radical (unpaired) electrons. The normalized spacial score (nSPS) is 11.6. The molecule has 1 amide bonds. The van der Waals surface area contributed by atoms with Crippen molar-refractivity contribution in [2.75, 3.05) is 7.05 Å². The predicted octanol–water partition coefficient (Wildman–Crippen LogP) is 2.47. The van der Waals surface area contributed by atoms with Crippen LogP contribution in [0.5, 0.6) is 0 Å². The molecule has 0 fully saturated rings. The van der Waals surface area contributed by atoms with Crippen LogP contribution in [0.15, 0.2) is 18.2 Å². The molecular formula is C13H19ClF2N2O. The molecule has 0 aromatic heterocycles. The Hall–Kier alpha value is -1.20. The highest BCUT2D eigenvalue weighted by Crippen LogP contribution is 2.11. The molecule has 1 aromatic carbocycles. The maximum Gasteiger partial charge on any atom is 0.239 e. The Balaban J connectivity index is 0.00000324. The zero-order valence-electron chi connectivity index (χ0n) is 11.0. The molecule has 0 aliphatic carbocycles. The smallest absolute Gasteiger partial charge is 0.239 e. The molecule has 19 heavy (non-hydrogen) atoms. The van der Waals surface area contributed by atoms with Gasteiger partial charge in [-0.2, -0.15) is 0 Å². The fourth-order valence-electron chi connectivity index (χ4n) is 1.71. The fourth-order valence-corrected chi connectivity index (χ4v) is 1.71. The first-order valence-electron chi connectivity index (χ1n) is 5.90. The third kappa shape index (κ3) is 5.12. The second-order valence-electron chi connectivity index (χ2n) is 4.34. The van der Waals surface area contributed by atoms with E-state index in [4.69, 9.17) is 5.73 Å². The number of hydrogen-bond acceptors (Lipinski definition) is 2. The third-order valence-corrected chi connectivity index (χ3v) is 2.70. The Labute approximate surface area is 118 Å². The summed E-state index contributed by atoms with van der Waals surface area (Å²) < 4.78 is 25.8. The quantitative estimate of drug-likeness (QED) is 0.906. The van der Waals surface area contributed by atoms with Crippen LogP contribution in [0.4, 0.5) is 8.78 Å². The van der Waals surface area contributed by atoms with Crippen LogP contribution >= 0.6 is 12.4 Å². The maximum atomic E-state index is 13.0. The number of nitrogens with zero attached hydrogens (tertiary/aromatic N) is 1. The average Bonchev–Trinajstić information content (AvgIpc) is 2.33. The first kappa shape index (κ1) is 17.8. The van der Waals surface area contributed by atoms with Crippen LogP contribution in [0.3, 0.4) is 0 Å². The van der Waals surface area contributed by atoms with Gasteiger partial charge in [-0.05, 0) is 24.1 Å². The highest BCUT2D eigenvalue weighted by molar-refractivity contribution is 5.85. The highest BCUT2D eigenvalue weighted by atomic mass is 35.5. The van der Waals surface area contributed by atoms with Crippen molar-refractivity contribution in [3.63, 3.8) is 0 Å². The number of amides is 1. The molecule has 108 valence electrons. The summed E-state index contributed by atoms with van der Waals surface area (Å²) in [6.45, 7) is 2.16. The number of likely N-dealkylation sites (N-methyl/N-ethyl adjacent to an activating group) is 1. The molecule has 1 atom stereocenters. The average molecular weight is 293 g/mol. The summed E-state index contributed by atoms with van der Waals surface area (Å²) in [5, 5.41) is 0. The van der Waals surface area contributed by atoms with Gasteiger partial charge in [0.15, 0.2) is 11.6 Å². The number of benzene rings is 1. The first-order chi connectivity index (χ1) is 8.45. The molecule has 0 bridgehead atoms. The van der Waals surface area contributed by atoms with E-state index in [0.717, 1.165) is 18.6 Å². The Morgan fingerprint density at radius 3 is 2.53 bits per heavy atom. The van der Waals surface area contributed by atoms with E-state index in [-0.39, 0.29) is 24.9 Å². The number of rotatable bonds is 5. The van der Waals surface area contributed by atoms with E-state index in [1.807, 2.05) is 6.92 Å². The van der Waals surface area contributed by atoms with E-state index >= 15 is 0 Å². The van der Waals surface area contributed by atoms with Crippen LogP contribution in [0.25, 0.3) is 0 Å². The van der Waals surface area contributed by atoms with Gasteiger partial charge in [0, 0.05) is 13.6 Å². The van der Waals surface area contributed by atoms with Crippen molar-refractivity contribution in [1.29, 1.82) is 0 Å². The molecule has 6 heteroatoms. The molecule has 0 aliphatic heterocycles. The Morgan fingerprint density at radius 1 is 1.37 bits per heavy atom. The van der Waals surface area contributed by atoms with Crippen LogP contribution in [0.2, 0.25) is 0 Å². The van der Waals surface area contributed by atoms with E-state index in [9.17, 15) is 13.6 Å². The molecular weight excluding hydrogens is 274 g/mol. The van der Waals surface area contributed by atoms with E-state index in [0.29, 0.717) is 12.0 Å². The SMILES string of the molecule is CCCC(N)C(=O)N(C)Cc1ccc(F)c(F)c1.Cl. The van der Waals surface area contributed by atoms with Gasteiger partial charge in [0.2, 0.25) is 5.91 Å². The predicted molar refractivity (Wildman–Crippen MR) is 73.0 cm³/mol. The molecule has 1 rings (SSSR count). The summed E-state index contributed by atoms with van der Waals surface area (Å²) in [5.74, 6) is -2.00. The van der Waals surface area contributed by atoms with Crippen molar-refractivity contribution in [3.8, 4) is 0 Å². The molecule has 0 saturated carbocycles. The molecule has 2 N–H and O–H groups in total. The van der Waals surface area contributed by atoms with Crippen LogP contribution in [0, 0.1) is 11.6 Å². The van der Waals surface area contributed by atoms with Gasteiger partial charge in [0.05, 0.1) is 6.04 Å². The van der Waals surface area contributed by atoms with Crippen molar-refractivity contribution in [3.05, 3.63) is 35.4 Å². The van der Waals surface area contributed by atoms with Crippen LogP contribution in [0.1, 0.15) is 25.3 Å². The molecule has 0 saturated heterocycles. The largest absolute Gasteiger partial charge is 0.340 e. The summed E-state index contributed by atoms with van der Waals surface area (Å²) >= 11 is 0. The second-order valence-corrected chi connectivity index (χ2v) is 4.34. The molecule has 3 nitrogen and oxygen atoms in total. The fraction of sp³-hybridized carbons (Fsp3) is 0.462. The van der Waals surface area contributed by atoms with Crippen LogP contribution < -0.4 is 5.73 Å². The lowest BCUT2D eigenvalue weighted by molar-refractivity contribution is -0.132. The third-order valence-electron chi connectivity index (χ3n) is 2.70. The van der Waals surface area contributed by atoms with Gasteiger partial charge in [0.1, 0.15) is 0 Å². The van der Waals surface area contributed by atoms with Gasteiger partial charge < -0.3 is 10.6 Å². The number of carbonyl (C=O) groups is 1. The Morgan fingerprint density at radius 2 is 2.00 bits per heavy atom. The summed E-state index contributed by atoms with van der Waals surface area (Å²) in [6, 6.07) is 3.05. The first-order valence-corrected chi connectivity index (χ1v) is 5.90. The summed E-state index contributed by atoms with van der Waals surface area (Å²) in [5.41, 5.74) is 6.25. The van der Waals surface area contributed by atoms with E-state index < -0.39 is 17.7 Å². The van der Waals surface area contributed by atoms with E-state index in [1.165, 1.54) is 11.0 Å². The number of hydrogen-bond donors (Lipinski definition) is 1. The number of halogens is 3. The molecule has 1 unspecified atom stereocenters. The summed E-state index contributed by atoms with van der Waals surface area (Å²) in [6.07, 6.45) is 1.44. The van der Waals surface area contributed by atoms with Crippen molar-refractivity contribution in [2.45, 2.75) is 32.4 Å². The molecule has 0 heterocycles. The van der Waals surface area contributed by atoms with Crippen molar-refractivity contribution in [1.82, 2.24) is 4.90 Å². The Bertz CT molecular complexity index is 429. The minimum absolute atomic E-state index is 0. The van der Waals surface area contributed by atoms with E-state index in [1.54, 1.807) is 7.05 Å². The maximum absolute atomic E-state index is 13.0. The van der Waals surface area contributed by atoms with Gasteiger partial charge in [-0.3, -0.25) is 4.79 Å². The molecule has 0 spiro atoms. The lowest BCUT2D eigenvalue weighted by Gasteiger charge is -2.21. The second kappa shape index (κ2) is 8.07. The van der Waals surface area contributed by atoms with Crippen molar-refractivity contribution in [2.24, 2.45) is 5.73 Å². The minimum atomic E-state index is -0.911. The van der Waals surface area contributed by atoms with Gasteiger partial charge in [-0.25, -0.2) is 8.78 Å². The summed E-state index contributed by atoms with van der Waals surface area (Å²) in [4.78, 5) is 13.2. The Kier molecular flexibility index (Phi) is 7.56. The monoisotopic (exact) mass is 292 g/mol.